The van der Waals surface area contributed by atoms with Crippen molar-refractivity contribution in [1.82, 2.24) is 5.32 Å². The van der Waals surface area contributed by atoms with Gasteiger partial charge in [0.05, 0.1) is 0 Å². The van der Waals surface area contributed by atoms with Gasteiger partial charge in [0.25, 0.3) is 0 Å². The van der Waals surface area contributed by atoms with Crippen molar-refractivity contribution in [3.05, 3.63) is 29.6 Å². The molecular weight excluding hydrogens is 265 g/mol. The Morgan fingerprint density at radius 1 is 1.19 bits per heavy atom. The number of nitrogens with one attached hydrogen (secondary N) is 1. The Morgan fingerprint density at radius 3 is 2.67 bits per heavy atom. The maximum absolute atomic E-state index is 13.4. The van der Waals surface area contributed by atoms with Crippen LogP contribution < -0.4 is 10.1 Å². The topological polar surface area (TPSA) is 21.3 Å². The molecule has 21 heavy (non-hydrogen) atoms. The highest BCUT2D eigenvalue weighted by atomic mass is 19.1. The summed E-state index contributed by atoms with van der Waals surface area (Å²) in [5, 5.41) is 3.64. The molecule has 118 valence electrons. The number of ether oxygens (including phenoxy) is 1. The van der Waals surface area contributed by atoms with Crippen LogP contribution in [0.5, 0.6) is 5.75 Å². The van der Waals surface area contributed by atoms with Gasteiger partial charge in [-0.15, -0.1) is 0 Å². The lowest BCUT2D eigenvalue weighted by Gasteiger charge is -2.31. The van der Waals surface area contributed by atoms with Crippen LogP contribution in [0.15, 0.2) is 18.2 Å². The smallest absolute Gasteiger partial charge is 0.126 e. The Labute approximate surface area is 128 Å². The zero-order valence-electron chi connectivity index (χ0n) is 13.3. The molecule has 0 radical (unpaired) electrons. The van der Waals surface area contributed by atoms with Crippen molar-refractivity contribution in [1.29, 1.82) is 0 Å². The second-order valence-corrected chi connectivity index (χ2v) is 6.12. The molecule has 0 aromatic heterocycles. The molecule has 0 aliphatic heterocycles. The van der Waals surface area contributed by atoms with Gasteiger partial charge >= 0.3 is 0 Å². The predicted octanol–water partition coefficient (Wildman–Crippen LogP) is 4.60. The Balaban J connectivity index is 2.05. The van der Waals surface area contributed by atoms with Gasteiger partial charge in [0.15, 0.2) is 0 Å². The molecule has 1 fully saturated rings. The molecule has 0 amide bonds. The number of rotatable bonds is 5. The van der Waals surface area contributed by atoms with Gasteiger partial charge in [-0.3, -0.25) is 0 Å². The molecule has 3 heteroatoms. The number of aryl methyl sites for hydroxylation is 1. The molecule has 0 saturated heterocycles. The van der Waals surface area contributed by atoms with Crippen LogP contribution in [0.1, 0.15) is 57.4 Å². The molecule has 1 saturated carbocycles. The highest BCUT2D eigenvalue weighted by molar-refractivity contribution is 5.29. The third-order valence-corrected chi connectivity index (χ3v) is 4.28. The molecule has 0 spiro atoms. The summed E-state index contributed by atoms with van der Waals surface area (Å²) in [6.45, 7) is 5.01. The summed E-state index contributed by atoms with van der Waals surface area (Å²) in [4.78, 5) is 0. The fourth-order valence-electron chi connectivity index (χ4n) is 3.02. The monoisotopic (exact) mass is 293 g/mol. The van der Waals surface area contributed by atoms with E-state index in [4.69, 9.17) is 4.74 Å². The lowest BCUT2D eigenvalue weighted by Crippen LogP contribution is -2.44. The van der Waals surface area contributed by atoms with E-state index in [9.17, 15) is 4.39 Å². The summed E-state index contributed by atoms with van der Waals surface area (Å²) in [6, 6.07) is 5.47. The van der Waals surface area contributed by atoms with Crippen LogP contribution in [0.3, 0.4) is 0 Å². The minimum atomic E-state index is -0.166. The van der Waals surface area contributed by atoms with Gasteiger partial charge in [-0.25, -0.2) is 4.39 Å². The van der Waals surface area contributed by atoms with Gasteiger partial charge in [0.1, 0.15) is 17.7 Å². The maximum Gasteiger partial charge on any atom is 0.126 e. The lowest BCUT2D eigenvalue weighted by molar-refractivity contribution is 0.127. The van der Waals surface area contributed by atoms with E-state index in [1.165, 1.54) is 38.2 Å². The van der Waals surface area contributed by atoms with Gasteiger partial charge in [0, 0.05) is 6.04 Å². The molecule has 0 heterocycles. The third kappa shape index (κ3) is 4.99. The normalized spacial score (nSPS) is 23.4. The maximum atomic E-state index is 13.4. The summed E-state index contributed by atoms with van der Waals surface area (Å²) < 4.78 is 19.6. The van der Waals surface area contributed by atoms with Crippen LogP contribution in [-0.2, 0) is 0 Å². The molecule has 1 aliphatic rings. The van der Waals surface area contributed by atoms with Crippen molar-refractivity contribution in [3.8, 4) is 5.75 Å². The highest BCUT2D eigenvalue weighted by Crippen LogP contribution is 2.24. The van der Waals surface area contributed by atoms with Crippen molar-refractivity contribution >= 4 is 0 Å². The van der Waals surface area contributed by atoms with Crippen LogP contribution in [0, 0.1) is 12.7 Å². The Morgan fingerprint density at radius 2 is 1.95 bits per heavy atom. The average molecular weight is 293 g/mol. The molecule has 0 bridgehead atoms. The standard InChI is InChI=1S/C18H28FNO/c1-3-12-20-17-8-6-4-5-7-9-18(17)21-15-10-11-16(19)14(2)13-15/h10-11,13,17-18,20H,3-9,12H2,1-2H3. The van der Waals surface area contributed by atoms with E-state index >= 15 is 0 Å². The van der Waals surface area contributed by atoms with E-state index in [2.05, 4.69) is 12.2 Å². The van der Waals surface area contributed by atoms with Crippen molar-refractivity contribution < 1.29 is 9.13 Å². The van der Waals surface area contributed by atoms with E-state index < -0.39 is 0 Å². The first-order valence-corrected chi connectivity index (χ1v) is 8.37. The summed E-state index contributed by atoms with van der Waals surface area (Å²) >= 11 is 0. The van der Waals surface area contributed by atoms with Crippen LogP contribution in [-0.4, -0.2) is 18.7 Å². The van der Waals surface area contributed by atoms with Crippen molar-refractivity contribution in [2.75, 3.05) is 6.54 Å². The molecule has 2 unspecified atom stereocenters. The molecule has 1 N–H and O–H groups in total. The van der Waals surface area contributed by atoms with Gasteiger partial charge in [-0.05, 0) is 62.9 Å². The van der Waals surface area contributed by atoms with Crippen molar-refractivity contribution in [2.45, 2.75) is 70.9 Å². The molecule has 1 aromatic carbocycles. The van der Waals surface area contributed by atoms with E-state index in [1.54, 1.807) is 13.0 Å². The summed E-state index contributed by atoms with van der Waals surface area (Å²) in [7, 11) is 0. The summed E-state index contributed by atoms with van der Waals surface area (Å²) in [6.07, 6.45) is 8.69. The van der Waals surface area contributed by atoms with E-state index in [0.29, 0.717) is 11.6 Å². The number of hydrogen-bond acceptors (Lipinski definition) is 2. The van der Waals surface area contributed by atoms with Crippen molar-refractivity contribution in [3.63, 3.8) is 0 Å². The molecule has 1 aromatic rings. The van der Waals surface area contributed by atoms with Gasteiger partial charge in [-0.2, -0.15) is 0 Å². The van der Waals surface area contributed by atoms with Gasteiger partial charge < -0.3 is 10.1 Å². The first-order chi connectivity index (χ1) is 10.2. The van der Waals surface area contributed by atoms with Crippen LogP contribution in [0.25, 0.3) is 0 Å². The second kappa shape index (κ2) is 8.38. The van der Waals surface area contributed by atoms with Gasteiger partial charge in [-0.1, -0.05) is 26.2 Å². The van der Waals surface area contributed by atoms with E-state index in [0.717, 1.165) is 25.1 Å². The Bertz CT molecular complexity index is 433. The van der Waals surface area contributed by atoms with Crippen LogP contribution >= 0.6 is 0 Å². The van der Waals surface area contributed by atoms with E-state index in [1.807, 2.05) is 6.07 Å². The fourth-order valence-corrected chi connectivity index (χ4v) is 3.02. The fraction of sp³-hybridized carbons (Fsp3) is 0.667. The van der Waals surface area contributed by atoms with Crippen LogP contribution in [0.2, 0.25) is 0 Å². The lowest BCUT2D eigenvalue weighted by atomic mass is 9.94. The molecule has 2 nitrogen and oxygen atoms in total. The van der Waals surface area contributed by atoms with Crippen molar-refractivity contribution in [2.24, 2.45) is 0 Å². The minimum Gasteiger partial charge on any atom is -0.489 e. The molecule has 2 rings (SSSR count). The first-order valence-electron chi connectivity index (χ1n) is 8.37. The number of hydrogen-bond donors (Lipinski definition) is 1. The molecule has 2 atom stereocenters. The number of benzene rings is 1. The summed E-state index contributed by atoms with van der Waals surface area (Å²) in [5.74, 6) is 0.628. The Hall–Kier alpha value is -1.09. The highest BCUT2D eigenvalue weighted by Gasteiger charge is 2.24. The molecular formula is C18H28FNO. The minimum absolute atomic E-state index is 0.166. The third-order valence-electron chi connectivity index (χ3n) is 4.28. The zero-order valence-corrected chi connectivity index (χ0v) is 13.3. The first kappa shape index (κ1) is 16.3. The number of halogens is 1. The van der Waals surface area contributed by atoms with Crippen LogP contribution in [0.4, 0.5) is 4.39 Å². The quantitative estimate of drug-likeness (QED) is 0.856. The predicted molar refractivity (Wildman–Crippen MR) is 85.3 cm³/mol. The SMILES string of the molecule is CCCNC1CCCCCCC1Oc1ccc(F)c(C)c1. The van der Waals surface area contributed by atoms with E-state index in [-0.39, 0.29) is 11.9 Å². The zero-order chi connectivity index (χ0) is 15.1. The second-order valence-electron chi connectivity index (χ2n) is 6.12. The Kier molecular flexibility index (Phi) is 6.50. The largest absolute Gasteiger partial charge is 0.489 e. The average Bonchev–Trinajstić information content (AvgIpc) is 2.45. The molecule has 1 aliphatic carbocycles. The summed E-state index contributed by atoms with van der Waals surface area (Å²) in [5.41, 5.74) is 0.649. The van der Waals surface area contributed by atoms with Gasteiger partial charge in [0.2, 0.25) is 0 Å².